The molecule has 0 N–H and O–H groups in total. The molecule has 1 amide bonds. The molecule has 0 atom stereocenters. The van der Waals surface area contributed by atoms with Crippen LogP contribution in [0.5, 0.6) is 5.75 Å². The fraction of sp³-hybridized carbons (Fsp3) is 0.364. The van der Waals surface area contributed by atoms with Crippen LogP contribution in [-0.4, -0.2) is 43.8 Å². The van der Waals surface area contributed by atoms with Gasteiger partial charge in [-0.25, -0.2) is 0 Å². The monoisotopic (exact) mass is 366 g/mol. The topological polar surface area (TPSA) is 49.9 Å². The fourth-order valence-electron chi connectivity index (χ4n) is 3.29. The second-order valence-electron chi connectivity index (χ2n) is 6.91. The number of carbonyl (C=O) groups is 2. The second kappa shape index (κ2) is 9.21. The number of benzene rings is 2. The fourth-order valence-corrected chi connectivity index (χ4v) is 3.29. The van der Waals surface area contributed by atoms with Crippen molar-refractivity contribution in [1.82, 2.24) is 4.90 Å². The first-order valence-electron chi connectivity index (χ1n) is 9.42. The Bertz CT molecular complexity index is 767. The molecule has 0 unspecified atom stereocenters. The van der Waals surface area contributed by atoms with Crippen LogP contribution < -0.4 is 9.64 Å². The highest BCUT2D eigenvalue weighted by Crippen LogP contribution is 2.21. The van der Waals surface area contributed by atoms with E-state index in [4.69, 9.17) is 4.74 Å². The van der Waals surface area contributed by atoms with Crippen molar-refractivity contribution in [3.05, 3.63) is 59.7 Å². The summed E-state index contributed by atoms with van der Waals surface area (Å²) in [4.78, 5) is 27.4. The van der Waals surface area contributed by atoms with Gasteiger partial charge < -0.3 is 14.5 Å². The van der Waals surface area contributed by atoms with Gasteiger partial charge in [0.05, 0.1) is 5.56 Å². The van der Waals surface area contributed by atoms with Gasteiger partial charge in [-0.1, -0.05) is 24.3 Å². The van der Waals surface area contributed by atoms with E-state index in [1.165, 1.54) is 24.9 Å². The molecule has 27 heavy (non-hydrogen) atoms. The summed E-state index contributed by atoms with van der Waals surface area (Å²) in [7, 11) is 1.76. The first-order valence-corrected chi connectivity index (χ1v) is 9.42. The van der Waals surface area contributed by atoms with Gasteiger partial charge in [-0.15, -0.1) is 0 Å². The van der Waals surface area contributed by atoms with Crippen LogP contribution in [0.25, 0.3) is 0 Å². The number of para-hydroxylation sites is 1. The summed E-state index contributed by atoms with van der Waals surface area (Å²) in [5.74, 6) is 0.302. The highest BCUT2D eigenvalue weighted by atomic mass is 16.5. The smallest absolute Gasteiger partial charge is 0.260 e. The van der Waals surface area contributed by atoms with Crippen molar-refractivity contribution in [2.45, 2.75) is 25.8 Å². The Labute approximate surface area is 160 Å². The summed E-state index contributed by atoms with van der Waals surface area (Å²) >= 11 is 0. The number of hydrogen-bond acceptors (Lipinski definition) is 4. The van der Waals surface area contributed by atoms with Gasteiger partial charge in [-0.05, 0) is 49.1 Å². The van der Waals surface area contributed by atoms with Crippen molar-refractivity contribution in [2.24, 2.45) is 0 Å². The Balaban J connectivity index is 1.52. The number of rotatable bonds is 7. The minimum Gasteiger partial charge on any atom is -0.483 e. The largest absolute Gasteiger partial charge is 0.483 e. The molecule has 1 heterocycles. The van der Waals surface area contributed by atoms with Crippen molar-refractivity contribution < 1.29 is 14.3 Å². The van der Waals surface area contributed by atoms with Crippen molar-refractivity contribution in [3.63, 3.8) is 0 Å². The summed E-state index contributed by atoms with van der Waals surface area (Å²) in [5.41, 5.74) is 2.78. The van der Waals surface area contributed by atoms with Gasteiger partial charge in [-0.3, -0.25) is 9.59 Å². The number of piperidine rings is 1. The Morgan fingerprint density at radius 3 is 2.48 bits per heavy atom. The summed E-state index contributed by atoms with van der Waals surface area (Å²) in [6, 6.07) is 15.3. The molecule has 1 saturated heterocycles. The number of nitrogens with zero attached hydrogens (tertiary/aromatic N) is 2. The molecule has 0 bridgehead atoms. The lowest BCUT2D eigenvalue weighted by molar-refractivity contribution is -0.132. The Hall–Kier alpha value is -2.82. The van der Waals surface area contributed by atoms with E-state index in [1.54, 1.807) is 36.2 Å². The van der Waals surface area contributed by atoms with E-state index in [-0.39, 0.29) is 12.5 Å². The molecule has 5 nitrogen and oxygen atoms in total. The second-order valence-corrected chi connectivity index (χ2v) is 6.91. The third kappa shape index (κ3) is 5.09. The van der Waals surface area contributed by atoms with Crippen LogP contribution in [-0.2, 0) is 11.3 Å². The zero-order valence-corrected chi connectivity index (χ0v) is 15.8. The third-order valence-corrected chi connectivity index (χ3v) is 4.90. The SMILES string of the molecule is CN(Cc1ccc(N2CCCCC2)cc1)C(=O)COc1ccccc1C=O. The van der Waals surface area contributed by atoms with Gasteiger partial charge in [-0.2, -0.15) is 0 Å². The first-order chi connectivity index (χ1) is 13.2. The van der Waals surface area contributed by atoms with Gasteiger partial charge >= 0.3 is 0 Å². The number of aldehydes is 1. The Morgan fingerprint density at radius 2 is 1.78 bits per heavy atom. The van der Waals surface area contributed by atoms with Crippen LogP contribution in [0.4, 0.5) is 5.69 Å². The standard InChI is InChI=1S/C22H26N2O3/c1-23(22(26)17-27-21-8-4-3-7-19(21)16-25)15-18-9-11-20(12-10-18)24-13-5-2-6-14-24/h3-4,7-12,16H,2,5-6,13-15,17H2,1H3. The van der Waals surface area contributed by atoms with Crippen LogP contribution >= 0.6 is 0 Å². The van der Waals surface area contributed by atoms with E-state index in [2.05, 4.69) is 29.2 Å². The minimum atomic E-state index is -0.129. The number of amides is 1. The Kier molecular flexibility index (Phi) is 6.47. The summed E-state index contributed by atoms with van der Waals surface area (Å²) in [6.07, 6.45) is 4.56. The highest BCUT2D eigenvalue weighted by molar-refractivity contribution is 5.80. The van der Waals surface area contributed by atoms with E-state index in [9.17, 15) is 9.59 Å². The van der Waals surface area contributed by atoms with Gasteiger partial charge in [0.15, 0.2) is 12.9 Å². The molecule has 0 saturated carbocycles. The number of ether oxygens (including phenoxy) is 1. The zero-order valence-electron chi connectivity index (χ0n) is 15.8. The lowest BCUT2D eigenvalue weighted by Crippen LogP contribution is -2.31. The van der Waals surface area contributed by atoms with Crippen molar-refractivity contribution >= 4 is 17.9 Å². The molecule has 5 heteroatoms. The summed E-state index contributed by atoms with van der Waals surface area (Å²) in [5, 5.41) is 0. The minimum absolute atomic E-state index is 0.0901. The third-order valence-electron chi connectivity index (χ3n) is 4.90. The van der Waals surface area contributed by atoms with Crippen LogP contribution in [0, 0.1) is 0 Å². The van der Waals surface area contributed by atoms with Crippen molar-refractivity contribution in [2.75, 3.05) is 31.6 Å². The van der Waals surface area contributed by atoms with Crippen molar-refractivity contribution in [3.8, 4) is 5.75 Å². The highest BCUT2D eigenvalue weighted by Gasteiger charge is 2.13. The molecule has 0 aromatic heterocycles. The Morgan fingerprint density at radius 1 is 1.07 bits per heavy atom. The normalized spacial score (nSPS) is 13.9. The molecule has 1 fully saturated rings. The van der Waals surface area contributed by atoms with Crippen LogP contribution in [0.1, 0.15) is 35.2 Å². The maximum Gasteiger partial charge on any atom is 0.260 e. The number of likely N-dealkylation sites (N-methyl/N-ethyl adjacent to an activating group) is 1. The molecule has 0 spiro atoms. The zero-order chi connectivity index (χ0) is 19.1. The van der Waals surface area contributed by atoms with Crippen LogP contribution in [0.15, 0.2) is 48.5 Å². The van der Waals surface area contributed by atoms with Crippen LogP contribution in [0.2, 0.25) is 0 Å². The molecule has 0 radical (unpaired) electrons. The molecule has 142 valence electrons. The lowest BCUT2D eigenvalue weighted by atomic mass is 10.1. The van der Waals surface area contributed by atoms with Crippen LogP contribution in [0.3, 0.4) is 0 Å². The average Bonchev–Trinajstić information content (AvgIpc) is 2.73. The van der Waals surface area contributed by atoms with Gasteiger partial charge in [0, 0.05) is 32.4 Å². The molecular weight excluding hydrogens is 340 g/mol. The van der Waals surface area contributed by atoms with Crippen molar-refractivity contribution in [1.29, 1.82) is 0 Å². The van der Waals surface area contributed by atoms with Gasteiger partial charge in [0.1, 0.15) is 5.75 Å². The molecular formula is C22H26N2O3. The predicted octanol–water partition coefficient (Wildman–Crippen LogP) is 3.53. The van der Waals surface area contributed by atoms with E-state index in [0.717, 1.165) is 24.9 Å². The summed E-state index contributed by atoms with van der Waals surface area (Å²) < 4.78 is 5.52. The lowest BCUT2D eigenvalue weighted by Gasteiger charge is -2.29. The van der Waals surface area contributed by atoms with Gasteiger partial charge in [0.2, 0.25) is 0 Å². The average molecular weight is 366 g/mol. The van der Waals surface area contributed by atoms with E-state index in [0.29, 0.717) is 17.9 Å². The number of carbonyl (C=O) groups excluding carboxylic acids is 2. The molecule has 0 aliphatic carbocycles. The predicted molar refractivity (Wildman–Crippen MR) is 106 cm³/mol. The number of hydrogen-bond donors (Lipinski definition) is 0. The maximum atomic E-state index is 12.3. The molecule has 2 aromatic rings. The molecule has 1 aliphatic rings. The quantitative estimate of drug-likeness (QED) is 0.704. The van der Waals surface area contributed by atoms with E-state index >= 15 is 0 Å². The summed E-state index contributed by atoms with van der Waals surface area (Å²) in [6.45, 7) is 2.68. The maximum absolute atomic E-state index is 12.3. The molecule has 3 rings (SSSR count). The molecule has 2 aromatic carbocycles. The number of anilines is 1. The van der Waals surface area contributed by atoms with E-state index < -0.39 is 0 Å². The molecule has 1 aliphatic heterocycles. The van der Waals surface area contributed by atoms with E-state index in [1.807, 2.05) is 0 Å². The first kappa shape index (κ1) is 19.0. The van der Waals surface area contributed by atoms with Gasteiger partial charge in [0.25, 0.3) is 5.91 Å².